The van der Waals surface area contributed by atoms with E-state index in [1.54, 1.807) is 49.6 Å². The van der Waals surface area contributed by atoms with Crippen LogP contribution in [0.1, 0.15) is 22.8 Å². The van der Waals surface area contributed by atoms with E-state index in [2.05, 4.69) is 0 Å². The molecule has 29 heavy (non-hydrogen) atoms. The number of ketones is 1. The highest BCUT2D eigenvalue weighted by Gasteiger charge is 2.15. The Morgan fingerprint density at radius 1 is 1.03 bits per heavy atom. The van der Waals surface area contributed by atoms with Crippen molar-refractivity contribution in [2.24, 2.45) is 0 Å². The maximum atomic E-state index is 12.3. The predicted molar refractivity (Wildman–Crippen MR) is 106 cm³/mol. The molecule has 0 saturated carbocycles. The third-order valence-corrected chi connectivity index (χ3v) is 4.11. The second-order valence-corrected chi connectivity index (χ2v) is 6.07. The van der Waals surface area contributed by atoms with E-state index in [0.29, 0.717) is 48.4 Å². The summed E-state index contributed by atoms with van der Waals surface area (Å²) in [5.74, 6) is 1.35. The molecule has 0 N–H and O–H groups in total. The molecular formula is C22H22O7. The standard InChI is InChI=1S/C22H22O7/c1-3-26-18-7-4-15(12-20(18)25-2)5-9-22(24)29-14-17(23)16-6-8-19-21(13-16)28-11-10-27-19/h4-9,12-13H,3,10-11,14H2,1-2H3/b9-5+. The van der Waals surface area contributed by atoms with Crippen LogP contribution in [0.5, 0.6) is 23.0 Å². The zero-order valence-corrected chi connectivity index (χ0v) is 16.3. The topological polar surface area (TPSA) is 80.3 Å². The highest BCUT2D eigenvalue weighted by molar-refractivity contribution is 5.99. The average molecular weight is 398 g/mol. The summed E-state index contributed by atoms with van der Waals surface area (Å²) >= 11 is 0. The van der Waals surface area contributed by atoms with E-state index in [4.69, 9.17) is 23.7 Å². The molecule has 0 aromatic heterocycles. The molecule has 7 heteroatoms. The van der Waals surface area contributed by atoms with Gasteiger partial charge in [0.2, 0.25) is 0 Å². The molecule has 0 saturated heterocycles. The molecule has 0 spiro atoms. The molecule has 2 aromatic rings. The minimum absolute atomic E-state index is 0.327. The Bertz CT molecular complexity index is 917. The van der Waals surface area contributed by atoms with Gasteiger partial charge in [0.05, 0.1) is 13.7 Å². The van der Waals surface area contributed by atoms with Gasteiger partial charge in [-0.2, -0.15) is 0 Å². The molecule has 0 fully saturated rings. The highest BCUT2D eigenvalue weighted by atomic mass is 16.6. The first kappa shape index (κ1) is 20.3. The van der Waals surface area contributed by atoms with Gasteiger partial charge >= 0.3 is 5.97 Å². The van der Waals surface area contributed by atoms with E-state index in [0.717, 1.165) is 5.56 Å². The number of hydrogen-bond donors (Lipinski definition) is 0. The van der Waals surface area contributed by atoms with E-state index < -0.39 is 5.97 Å². The van der Waals surface area contributed by atoms with Gasteiger partial charge in [0, 0.05) is 11.6 Å². The van der Waals surface area contributed by atoms with Crippen molar-refractivity contribution in [1.82, 2.24) is 0 Å². The van der Waals surface area contributed by atoms with Crippen molar-refractivity contribution >= 4 is 17.8 Å². The Kier molecular flexibility index (Phi) is 6.73. The summed E-state index contributed by atoms with van der Waals surface area (Å²) in [6, 6.07) is 10.2. The first-order chi connectivity index (χ1) is 14.1. The van der Waals surface area contributed by atoms with Gasteiger partial charge in [0.1, 0.15) is 13.2 Å². The van der Waals surface area contributed by atoms with Crippen LogP contribution in [0.25, 0.3) is 6.08 Å². The molecule has 152 valence electrons. The summed E-state index contributed by atoms with van der Waals surface area (Å²) in [6.07, 6.45) is 2.83. The Morgan fingerprint density at radius 3 is 2.59 bits per heavy atom. The molecule has 0 unspecified atom stereocenters. The molecule has 1 heterocycles. The van der Waals surface area contributed by atoms with Crippen molar-refractivity contribution in [1.29, 1.82) is 0 Å². The zero-order valence-electron chi connectivity index (χ0n) is 16.3. The van der Waals surface area contributed by atoms with E-state index in [-0.39, 0.29) is 12.4 Å². The van der Waals surface area contributed by atoms with E-state index in [1.807, 2.05) is 6.92 Å². The largest absolute Gasteiger partial charge is 0.493 e. The summed E-state index contributed by atoms with van der Waals surface area (Å²) in [4.78, 5) is 24.2. The number of benzene rings is 2. The fourth-order valence-corrected chi connectivity index (χ4v) is 2.71. The molecule has 0 bridgehead atoms. The number of hydrogen-bond acceptors (Lipinski definition) is 7. The third-order valence-electron chi connectivity index (χ3n) is 4.11. The van der Waals surface area contributed by atoms with Gasteiger partial charge in [-0.05, 0) is 48.9 Å². The Hall–Kier alpha value is -3.48. The molecule has 2 aromatic carbocycles. The normalized spacial score (nSPS) is 12.5. The molecular weight excluding hydrogens is 376 g/mol. The molecule has 7 nitrogen and oxygen atoms in total. The lowest BCUT2D eigenvalue weighted by Crippen LogP contribution is -2.17. The maximum absolute atomic E-state index is 12.3. The van der Waals surface area contributed by atoms with Crippen molar-refractivity contribution in [3.8, 4) is 23.0 Å². The number of ether oxygens (including phenoxy) is 5. The molecule has 0 amide bonds. The second kappa shape index (κ2) is 9.64. The number of fused-ring (bicyclic) bond motifs is 1. The molecule has 0 radical (unpaired) electrons. The monoisotopic (exact) mass is 398 g/mol. The molecule has 1 aliphatic heterocycles. The first-order valence-electron chi connectivity index (χ1n) is 9.19. The fourth-order valence-electron chi connectivity index (χ4n) is 2.71. The first-order valence-corrected chi connectivity index (χ1v) is 9.19. The summed E-state index contributed by atoms with van der Waals surface area (Å²) < 4.78 is 26.6. The number of carbonyl (C=O) groups is 2. The van der Waals surface area contributed by atoms with Crippen LogP contribution >= 0.6 is 0 Å². The lowest BCUT2D eigenvalue weighted by atomic mass is 10.1. The third kappa shape index (κ3) is 5.28. The Morgan fingerprint density at radius 2 is 1.83 bits per heavy atom. The zero-order chi connectivity index (χ0) is 20.6. The van der Waals surface area contributed by atoms with Gasteiger partial charge in [-0.15, -0.1) is 0 Å². The molecule has 0 aliphatic carbocycles. The summed E-state index contributed by atoms with van der Waals surface area (Å²) in [5.41, 5.74) is 1.13. The lowest BCUT2D eigenvalue weighted by molar-refractivity contribution is -0.136. The number of Topliss-reactive ketones (excluding diaryl/α,β-unsaturated/α-hetero) is 1. The van der Waals surface area contributed by atoms with Gasteiger partial charge in [-0.1, -0.05) is 6.07 Å². The van der Waals surface area contributed by atoms with Gasteiger partial charge in [0.25, 0.3) is 0 Å². The van der Waals surface area contributed by atoms with Crippen molar-refractivity contribution < 1.29 is 33.3 Å². The van der Waals surface area contributed by atoms with Gasteiger partial charge in [0.15, 0.2) is 35.4 Å². The minimum Gasteiger partial charge on any atom is -0.493 e. The molecule has 0 atom stereocenters. The van der Waals surface area contributed by atoms with Crippen LogP contribution < -0.4 is 18.9 Å². The van der Waals surface area contributed by atoms with Gasteiger partial charge < -0.3 is 23.7 Å². The minimum atomic E-state index is -0.622. The van der Waals surface area contributed by atoms with Crippen LogP contribution in [0.15, 0.2) is 42.5 Å². The smallest absolute Gasteiger partial charge is 0.331 e. The summed E-state index contributed by atoms with van der Waals surface area (Å²) in [6.45, 7) is 2.95. The van der Waals surface area contributed by atoms with Crippen molar-refractivity contribution in [2.75, 3.05) is 33.5 Å². The Balaban J connectivity index is 1.56. The second-order valence-electron chi connectivity index (χ2n) is 6.07. The van der Waals surface area contributed by atoms with E-state index in [1.165, 1.54) is 6.08 Å². The molecule has 3 rings (SSSR count). The Labute approximate surface area is 168 Å². The van der Waals surface area contributed by atoms with Gasteiger partial charge in [-0.3, -0.25) is 4.79 Å². The van der Waals surface area contributed by atoms with Crippen molar-refractivity contribution in [3.05, 3.63) is 53.6 Å². The number of methoxy groups -OCH3 is 1. The van der Waals surface area contributed by atoms with Crippen LogP contribution in [0, 0.1) is 0 Å². The number of carbonyl (C=O) groups excluding carboxylic acids is 2. The van der Waals surface area contributed by atoms with Crippen LogP contribution in [0.3, 0.4) is 0 Å². The summed E-state index contributed by atoms with van der Waals surface area (Å²) in [7, 11) is 1.54. The quantitative estimate of drug-likeness (QED) is 0.383. The fraction of sp³-hybridized carbons (Fsp3) is 0.273. The van der Waals surface area contributed by atoms with Crippen LogP contribution in [-0.4, -0.2) is 45.3 Å². The number of esters is 1. The maximum Gasteiger partial charge on any atom is 0.331 e. The number of rotatable bonds is 8. The highest BCUT2D eigenvalue weighted by Crippen LogP contribution is 2.31. The van der Waals surface area contributed by atoms with Crippen LogP contribution in [-0.2, 0) is 9.53 Å². The summed E-state index contributed by atoms with van der Waals surface area (Å²) in [5, 5.41) is 0. The average Bonchev–Trinajstić information content (AvgIpc) is 2.76. The van der Waals surface area contributed by atoms with E-state index in [9.17, 15) is 9.59 Å². The predicted octanol–water partition coefficient (Wildman–Crippen LogP) is 3.30. The van der Waals surface area contributed by atoms with Crippen molar-refractivity contribution in [3.63, 3.8) is 0 Å². The van der Waals surface area contributed by atoms with Crippen molar-refractivity contribution in [2.45, 2.75) is 6.92 Å². The van der Waals surface area contributed by atoms with E-state index >= 15 is 0 Å². The van der Waals surface area contributed by atoms with Gasteiger partial charge in [-0.25, -0.2) is 4.79 Å². The molecule has 1 aliphatic rings. The van der Waals surface area contributed by atoms with Crippen LogP contribution in [0.4, 0.5) is 0 Å². The SMILES string of the molecule is CCOc1ccc(/C=C/C(=O)OCC(=O)c2ccc3c(c2)OCCO3)cc1OC. The lowest BCUT2D eigenvalue weighted by Gasteiger charge is -2.18. The van der Waals surface area contributed by atoms with Crippen LogP contribution in [0.2, 0.25) is 0 Å².